The lowest BCUT2D eigenvalue weighted by molar-refractivity contribution is 0.291. The molecule has 0 saturated heterocycles. The minimum Gasteiger partial charge on any atom is -0.340 e. The van der Waals surface area contributed by atoms with E-state index >= 15 is 0 Å². The molecule has 0 aliphatic rings. The maximum absolute atomic E-state index is 11.8. The molecule has 1 aromatic rings. The van der Waals surface area contributed by atoms with E-state index in [9.17, 15) is 4.57 Å². The molecule has 1 N–H and O–H groups in total. The van der Waals surface area contributed by atoms with E-state index in [2.05, 4.69) is 5.32 Å². The maximum atomic E-state index is 11.8. The summed E-state index contributed by atoms with van der Waals surface area (Å²) in [4.78, 5) is 0. The predicted octanol–water partition coefficient (Wildman–Crippen LogP) is 2.87. The van der Waals surface area contributed by atoms with Gasteiger partial charge in [0.25, 0.3) is 0 Å². The van der Waals surface area contributed by atoms with Crippen LogP contribution < -0.4 is 5.32 Å². The Morgan fingerprint density at radius 3 is 2.27 bits per heavy atom. The van der Waals surface area contributed by atoms with E-state index in [1.54, 1.807) is 0 Å². The minimum absolute atomic E-state index is 0.0544. The molecule has 0 aromatic heterocycles. The number of benzene rings is 1. The van der Waals surface area contributed by atoms with Crippen molar-refractivity contribution in [3.05, 3.63) is 30.3 Å². The Kier molecular flexibility index (Phi) is 4.42. The van der Waals surface area contributed by atoms with E-state index in [-0.39, 0.29) is 4.73 Å². The summed E-state index contributed by atoms with van der Waals surface area (Å²) < 4.78 is 21.4. The van der Waals surface area contributed by atoms with Gasteiger partial charge in [-0.2, -0.15) is 0 Å². The summed E-state index contributed by atoms with van der Waals surface area (Å²) in [7, 11) is -0.727. The van der Waals surface area contributed by atoms with Crippen molar-refractivity contribution in [3.63, 3.8) is 0 Å². The summed E-state index contributed by atoms with van der Waals surface area (Å²) in [6.45, 7) is 0. The fourth-order valence-electron chi connectivity index (χ4n) is 0.954. The maximum Gasteiger partial charge on any atom is 0.387 e. The molecule has 0 fully saturated rings. The smallest absolute Gasteiger partial charge is 0.340 e. The quantitative estimate of drug-likeness (QED) is 0.652. The largest absolute Gasteiger partial charge is 0.387 e. The topological polar surface area (TPSA) is 47.6 Å². The second-order valence-corrected chi connectivity index (χ2v) is 5.54. The molecule has 0 aliphatic carbocycles. The van der Waals surface area contributed by atoms with Crippen LogP contribution >= 0.6 is 19.8 Å². The number of hydrogen-bond donors (Lipinski definition) is 1. The number of thiocarbonyl (C=S) groups is 1. The van der Waals surface area contributed by atoms with Crippen molar-refractivity contribution in [3.8, 4) is 0 Å². The third-order valence-corrected chi connectivity index (χ3v) is 4.10. The molecule has 0 amide bonds. The van der Waals surface area contributed by atoms with E-state index in [4.69, 9.17) is 21.3 Å². The lowest BCUT2D eigenvalue weighted by Crippen LogP contribution is -2.11. The zero-order chi connectivity index (χ0) is 11.3. The Labute approximate surface area is 94.1 Å². The van der Waals surface area contributed by atoms with E-state index in [0.717, 1.165) is 5.69 Å². The van der Waals surface area contributed by atoms with Crippen LogP contribution in [-0.2, 0) is 13.6 Å². The van der Waals surface area contributed by atoms with Gasteiger partial charge in [-0.15, -0.1) is 0 Å². The average Bonchev–Trinajstić information content (AvgIpc) is 2.29. The number of para-hydroxylation sites is 1. The molecule has 4 nitrogen and oxygen atoms in total. The Morgan fingerprint density at radius 2 is 1.80 bits per heavy atom. The van der Waals surface area contributed by atoms with Crippen molar-refractivity contribution in [1.82, 2.24) is 0 Å². The van der Waals surface area contributed by atoms with Crippen molar-refractivity contribution < 1.29 is 13.6 Å². The first-order chi connectivity index (χ1) is 7.12. The van der Waals surface area contributed by atoms with Gasteiger partial charge in [-0.05, 0) is 12.1 Å². The zero-order valence-corrected chi connectivity index (χ0v) is 10.2. The molecule has 15 heavy (non-hydrogen) atoms. The van der Waals surface area contributed by atoms with Crippen LogP contribution in [-0.4, -0.2) is 18.9 Å². The summed E-state index contributed by atoms with van der Waals surface area (Å²) in [6, 6.07) is 9.18. The van der Waals surface area contributed by atoms with Gasteiger partial charge in [0.05, 0.1) is 0 Å². The fraction of sp³-hybridized carbons (Fsp3) is 0.222. The molecular weight excluding hydrogens is 233 g/mol. The number of nitrogens with one attached hydrogen (secondary N) is 1. The van der Waals surface area contributed by atoms with Gasteiger partial charge in [-0.25, -0.2) is 0 Å². The molecule has 0 unspecified atom stereocenters. The highest BCUT2D eigenvalue weighted by Crippen LogP contribution is 2.48. The van der Waals surface area contributed by atoms with Crippen LogP contribution in [0.3, 0.4) is 0 Å². The van der Waals surface area contributed by atoms with Gasteiger partial charge in [0, 0.05) is 19.9 Å². The first kappa shape index (κ1) is 12.3. The van der Waals surface area contributed by atoms with Crippen molar-refractivity contribution in [2.24, 2.45) is 0 Å². The number of anilines is 1. The summed E-state index contributed by atoms with van der Waals surface area (Å²) in [6.07, 6.45) is 0. The third kappa shape index (κ3) is 3.11. The molecule has 0 spiro atoms. The van der Waals surface area contributed by atoms with Crippen molar-refractivity contribution in [2.75, 3.05) is 19.5 Å². The first-order valence-electron chi connectivity index (χ1n) is 4.20. The lowest BCUT2D eigenvalue weighted by Gasteiger charge is -2.15. The van der Waals surface area contributed by atoms with Gasteiger partial charge in [-0.3, -0.25) is 4.57 Å². The third-order valence-electron chi connectivity index (χ3n) is 1.75. The Hall–Kier alpha value is -0.740. The standard InChI is InChI=1S/C9H12NO3PS/c1-12-14(11,13-2)9(15)10-8-6-4-3-5-7-8/h3-7H,1-2H3,(H,10,15). The monoisotopic (exact) mass is 245 g/mol. The van der Waals surface area contributed by atoms with Crippen molar-refractivity contribution in [1.29, 1.82) is 0 Å². The fourth-order valence-corrected chi connectivity index (χ4v) is 2.27. The molecule has 0 aliphatic heterocycles. The second-order valence-electron chi connectivity index (χ2n) is 2.66. The minimum atomic E-state index is -3.32. The Bertz CT molecular complexity index is 374. The highest BCUT2D eigenvalue weighted by molar-refractivity contribution is 7.98. The lowest BCUT2D eigenvalue weighted by atomic mass is 10.3. The number of rotatable bonds is 4. The van der Waals surface area contributed by atoms with Gasteiger partial charge in [0.15, 0.2) is 4.73 Å². The van der Waals surface area contributed by atoms with E-state index in [0.29, 0.717) is 0 Å². The highest BCUT2D eigenvalue weighted by atomic mass is 32.1. The molecule has 82 valence electrons. The number of hydrogen-bond acceptors (Lipinski definition) is 4. The van der Waals surface area contributed by atoms with Gasteiger partial charge >= 0.3 is 7.60 Å². The van der Waals surface area contributed by atoms with Crippen LogP contribution in [0.1, 0.15) is 0 Å². The van der Waals surface area contributed by atoms with Gasteiger partial charge in [-0.1, -0.05) is 30.4 Å². The molecule has 0 heterocycles. The molecule has 0 radical (unpaired) electrons. The van der Waals surface area contributed by atoms with E-state index in [1.165, 1.54) is 14.2 Å². The van der Waals surface area contributed by atoms with Crippen molar-refractivity contribution >= 4 is 30.2 Å². The van der Waals surface area contributed by atoms with Crippen LogP contribution in [0.15, 0.2) is 30.3 Å². The van der Waals surface area contributed by atoms with Crippen LogP contribution in [0.4, 0.5) is 5.69 Å². The van der Waals surface area contributed by atoms with Crippen LogP contribution in [0.5, 0.6) is 0 Å². The second kappa shape index (κ2) is 5.37. The molecule has 0 atom stereocenters. The van der Waals surface area contributed by atoms with Gasteiger partial charge < -0.3 is 14.4 Å². The predicted molar refractivity (Wildman–Crippen MR) is 64.3 cm³/mol. The molecule has 6 heteroatoms. The Balaban J connectivity index is 2.76. The van der Waals surface area contributed by atoms with Gasteiger partial charge in [0.1, 0.15) is 0 Å². The summed E-state index contributed by atoms with van der Waals surface area (Å²) in [5.41, 5.74) is 0.747. The van der Waals surface area contributed by atoms with E-state index in [1.807, 2.05) is 30.3 Å². The molecule has 1 rings (SSSR count). The van der Waals surface area contributed by atoms with Crippen molar-refractivity contribution in [2.45, 2.75) is 0 Å². The Morgan fingerprint density at radius 1 is 1.27 bits per heavy atom. The molecule has 0 saturated carbocycles. The zero-order valence-electron chi connectivity index (χ0n) is 8.47. The first-order valence-corrected chi connectivity index (χ1v) is 6.15. The molecule has 0 bridgehead atoms. The van der Waals surface area contributed by atoms with Gasteiger partial charge in [0.2, 0.25) is 0 Å². The molecule has 1 aromatic carbocycles. The summed E-state index contributed by atoms with van der Waals surface area (Å²) in [5.74, 6) is 0. The summed E-state index contributed by atoms with van der Waals surface area (Å²) in [5, 5.41) is 2.80. The SMILES string of the molecule is COP(=O)(OC)C(=S)Nc1ccccc1. The highest BCUT2D eigenvalue weighted by Gasteiger charge is 2.27. The normalized spacial score (nSPS) is 11.1. The summed E-state index contributed by atoms with van der Waals surface area (Å²) >= 11 is 4.94. The molecular formula is C9H12NO3PS. The van der Waals surface area contributed by atoms with Crippen LogP contribution in [0, 0.1) is 0 Å². The van der Waals surface area contributed by atoms with Crippen LogP contribution in [0.2, 0.25) is 0 Å². The van der Waals surface area contributed by atoms with Crippen LogP contribution in [0.25, 0.3) is 0 Å². The average molecular weight is 245 g/mol. The van der Waals surface area contributed by atoms with E-state index < -0.39 is 7.60 Å².